The van der Waals surface area contributed by atoms with Crippen LogP contribution in [-0.2, 0) is 39.1 Å². The van der Waals surface area contributed by atoms with Crippen molar-refractivity contribution in [2.45, 2.75) is 19.6 Å². The van der Waals surface area contributed by atoms with Gasteiger partial charge in [0.2, 0.25) is 0 Å². The van der Waals surface area contributed by atoms with E-state index in [1.807, 2.05) is 24.5 Å². The van der Waals surface area contributed by atoms with Crippen molar-refractivity contribution in [3.8, 4) is 0 Å². The largest absolute Gasteiger partial charge is 0.287 e. The molecule has 0 amide bonds. The number of pyridine rings is 2. The SMILES string of the molecule is [Zn].c1ccc(CN(Cc2ccccn2)Cc2c3ccccc3cc3ccccc23)nc1. The van der Waals surface area contributed by atoms with Crippen molar-refractivity contribution in [3.63, 3.8) is 0 Å². The molecule has 148 valence electrons. The summed E-state index contributed by atoms with van der Waals surface area (Å²) in [5.74, 6) is 0. The number of hydrogen-bond donors (Lipinski definition) is 0. The molecule has 0 unspecified atom stereocenters. The zero-order chi connectivity index (χ0) is 20.2. The summed E-state index contributed by atoms with van der Waals surface area (Å²) in [6.07, 6.45) is 3.73. The van der Waals surface area contributed by atoms with Crippen LogP contribution in [0.25, 0.3) is 21.5 Å². The second kappa shape index (κ2) is 9.91. The average Bonchev–Trinajstić information content (AvgIpc) is 2.80. The van der Waals surface area contributed by atoms with Crippen LogP contribution in [-0.4, -0.2) is 14.9 Å². The van der Waals surface area contributed by atoms with E-state index in [2.05, 4.69) is 93.7 Å². The molecule has 0 saturated heterocycles. The zero-order valence-corrected chi connectivity index (χ0v) is 20.5. The Morgan fingerprint density at radius 1 is 0.548 bits per heavy atom. The molecule has 0 aliphatic heterocycles. The first-order chi connectivity index (χ1) is 14.9. The fourth-order valence-electron chi connectivity index (χ4n) is 4.11. The molecule has 0 N–H and O–H groups in total. The number of hydrogen-bond acceptors (Lipinski definition) is 3. The molecule has 5 aromatic rings. The first kappa shape index (κ1) is 21.3. The van der Waals surface area contributed by atoms with Gasteiger partial charge in [-0.1, -0.05) is 60.7 Å². The Balaban J connectivity index is 0.00000231. The van der Waals surface area contributed by atoms with Gasteiger partial charge in [-0.2, -0.15) is 0 Å². The predicted octanol–water partition coefficient (Wildman–Crippen LogP) is 5.98. The Morgan fingerprint density at radius 2 is 1.03 bits per heavy atom. The van der Waals surface area contributed by atoms with Gasteiger partial charge in [-0.05, 0) is 57.4 Å². The zero-order valence-electron chi connectivity index (χ0n) is 17.5. The fraction of sp³-hybridized carbons (Fsp3) is 0.111. The molecule has 0 radical (unpaired) electrons. The van der Waals surface area contributed by atoms with Gasteiger partial charge >= 0.3 is 0 Å². The standard InChI is InChI=1S/C27H23N3.Zn/c1-3-13-25-21(9-1)17-22-10-2-4-14-26(22)27(25)20-30(18-23-11-5-7-15-28-23)19-24-12-6-8-16-29-24;/h1-17H,18-20H2;. The monoisotopic (exact) mass is 453 g/mol. The second-order valence-electron chi connectivity index (χ2n) is 7.58. The number of fused-ring (bicyclic) bond motifs is 2. The number of aromatic nitrogens is 2. The molecule has 0 bridgehead atoms. The van der Waals surface area contributed by atoms with Gasteiger partial charge in [-0.25, -0.2) is 0 Å². The van der Waals surface area contributed by atoms with Crippen molar-refractivity contribution in [3.05, 3.63) is 120 Å². The molecule has 0 fully saturated rings. The van der Waals surface area contributed by atoms with Gasteiger partial charge in [-0.15, -0.1) is 0 Å². The van der Waals surface area contributed by atoms with Crippen LogP contribution in [0.5, 0.6) is 0 Å². The summed E-state index contributed by atoms with van der Waals surface area (Å²) in [7, 11) is 0. The van der Waals surface area contributed by atoms with Crippen LogP contribution in [0.2, 0.25) is 0 Å². The maximum absolute atomic E-state index is 4.56. The summed E-state index contributed by atoms with van der Waals surface area (Å²) >= 11 is 0. The minimum absolute atomic E-state index is 0. The van der Waals surface area contributed by atoms with E-state index in [9.17, 15) is 0 Å². The van der Waals surface area contributed by atoms with Gasteiger partial charge in [-0.3, -0.25) is 14.9 Å². The van der Waals surface area contributed by atoms with E-state index < -0.39 is 0 Å². The summed E-state index contributed by atoms with van der Waals surface area (Å²) in [5, 5.41) is 5.18. The third kappa shape index (κ3) is 4.87. The number of benzene rings is 3. The van der Waals surface area contributed by atoms with Crippen LogP contribution < -0.4 is 0 Å². The molecule has 0 aliphatic rings. The van der Waals surface area contributed by atoms with Gasteiger partial charge < -0.3 is 0 Å². The van der Waals surface area contributed by atoms with Crippen molar-refractivity contribution in [1.82, 2.24) is 14.9 Å². The molecule has 3 nitrogen and oxygen atoms in total. The maximum Gasteiger partial charge on any atom is 0.0544 e. The average molecular weight is 455 g/mol. The van der Waals surface area contributed by atoms with Crippen LogP contribution in [0, 0.1) is 0 Å². The smallest absolute Gasteiger partial charge is 0.0544 e. The van der Waals surface area contributed by atoms with Crippen LogP contribution in [0.1, 0.15) is 17.0 Å². The van der Waals surface area contributed by atoms with E-state index in [-0.39, 0.29) is 19.5 Å². The topological polar surface area (TPSA) is 29.0 Å². The van der Waals surface area contributed by atoms with E-state index in [0.717, 1.165) is 31.0 Å². The third-order valence-electron chi connectivity index (χ3n) is 5.49. The molecule has 2 heterocycles. The molecular formula is C27H23N3Zn. The van der Waals surface area contributed by atoms with Crippen molar-refractivity contribution < 1.29 is 19.5 Å². The Kier molecular flexibility index (Phi) is 6.81. The Labute approximate surface area is 195 Å². The van der Waals surface area contributed by atoms with Crippen molar-refractivity contribution in [2.75, 3.05) is 0 Å². The quantitative estimate of drug-likeness (QED) is 0.233. The summed E-state index contributed by atoms with van der Waals surface area (Å²) in [5.41, 5.74) is 3.49. The summed E-state index contributed by atoms with van der Waals surface area (Å²) < 4.78 is 0. The van der Waals surface area contributed by atoms with E-state index in [1.165, 1.54) is 27.1 Å². The number of rotatable bonds is 6. The molecule has 0 atom stereocenters. The van der Waals surface area contributed by atoms with Crippen LogP contribution in [0.4, 0.5) is 0 Å². The molecule has 0 spiro atoms. The third-order valence-corrected chi connectivity index (χ3v) is 5.49. The Morgan fingerprint density at radius 3 is 1.52 bits per heavy atom. The van der Waals surface area contributed by atoms with Gasteiger partial charge in [0.25, 0.3) is 0 Å². The summed E-state index contributed by atoms with van der Waals surface area (Å²) in [4.78, 5) is 11.6. The molecule has 0 aliphatic carbocycles. The summed E-state index contributed by atoms with van der Waals surface area (Å²) in [6.45, 7) is 2.37. The predicted molar refractivity (Wildman–Crippen MR) is 123 cm³/mol. The molecule has 4 heteroatoms. The van der Waals surface area contributed by atoms with Crippen LogP contribution in [0.15, 0.2) is 103 Å². The van der Waals surface area contributed by atoms with Gasteiger partial charge in [0.1, 0.15) is 0 Å². The Hall–Kier alpha value is -2.94. The molecule has 2 aromatic heterocycles. The molecule has 5 rings (SSSR count). The summed E-state index contributed by atoms with van der Waals surface area (Å²) in [6, 6.07) is 31.8. The molecular weight excluding hydrogens is 432 g/mol. The van der Waals surface area contributed by atoms with E-state index in [4.69, 9.17) is 0 Å². The normalized spacial score (nSPS) is 11.0. The minimum atomic E-state index is 0. The van der Waals surface area contributed by atoms with Crippen molar-refractivity contribution in [1.29, 1.82) is 0 Å². The van der Waals surface area contributed by atoms with Crippen LogP contribution >= 0.6 is 0 Å². The van der Waals surface area contributed by atoms with E-state index in [1.54, 1.807) is 0 Å². The first-order valence-electron chi connectivity index (χ1n) is 10.3. The van der Waals surface area contributed by atoms with E-state index >= 15 is 0 Å². The maximum atomic E-state index is 4.56. The molecule has 31 heavy (non-hydrogen) atoms. The Bertz CT molecular complexity index is 1180. The van der Waals surface area contributed by atoms with E-state index in [0.29, 0.717) is 0 Å². The first-order valence-corrected chi connectivity index (χ1v) is 10.3. The fourth-order valence-corrected chi connectivity index (χ4v) is 4.11. The van der Waals surface area contributed by atoms with Crippen LogP contribution in [0.3, 0.4) is 0 Å². The van der Waals surface area contributed by atoms with Crippen molar-refractivity contribution >= 4 is 21.5 Å². The van der Waals surface area contributed by atoms with Gasteiger partial charge in [0.05, 0.1) is 11.4 Å². The van der Waals surface area contributed by atoms with Gasteiger partial charge in [0, 0.05) is 51.5 Å². The van der Waals surface area contributed by atoms with Gasteiger partial charge in [0.15, 0.2) is 0 Å². The molecule has 3 aromatic carbocycles. The number of nitrogens with zero attached hydrogens (tertiary/aromatic N) is 3. The second-order valence-corrected chi connectivity index (χ2v) is 7.58. The molecule has 0 saturated carbocycles. The minimum Gasteiger partial charge on any atom is -0.287 e. The van der Waals surface area contributed by atoms with Crippen molar-refractivity contribution in [2.24, 2.45) is 0 Å².